The summed E-state index contributed by atoms with van der Waals surface area (Å²) < 4.78 is 43.1. The second kappa shape index (κ2) is 6.59. The first-order valence-corrected chi connectivity index (χ1v) is 8.43. The number of aromatic nitrogens is 4. The van der Waals surface area contributed by atoms with E-state index in [1.165, 1.54) is 0 Å². The molecule has 0 unspecified atom stereocenters. The molecular formula is C18H19F3N4O. The van der Waals surface area contributed by atoms with Crippen molar-refractivity contribution in [2.45, 2.75) is 45.2 Å². The van der Waals surface area contributed by atoms with Crippen LogP contribution >= 0.6 is 0 Å². The fourth-order valence-electron chi connectivity index (χ4n) is 2.95. The summed E-state index contributed by atoms with van der Waals surface area (Å²) in [5, 5.41) is 9.56. The predicted molar refractivity (Wildman–Crippen MR) is 89.4 cm³/mol. The summed E-state index contributed by atoms with van der Waals surface area (Å²) in [6, 6.07) is 8.81. The van der Waals surface area contributed by atoms with Crippen LogP contribution < -0.4 is 0 Å². The Morgan fingerprint density at radius 3 is 2.42 bits per heavy atom. The monoisotopic (exact) mass is 364 g/mol. The van der Waals surface area contributed by atoms with Crippen molar-refractivity contribution in [3.8, 4) is 11.6 Å². The summed E-state index contributed by atoms with van der Waals surface area (Å²) in [5.41, 5.74) is 0.978. The zero-order valence-corrected chi connectivity index (χ0v) is 14.7. The van der Waals surface area contributed by atoms with Gasteiger partial charge >= 0.3 is 6.18 Å². The lowest BCUT2D eigenvalue weighted by molar-refractivity contribution is -0.141. The zero-order chi connectivity index (χ0) is 18.9. The van der Waals surface area contributed by atoms with Gasteiger partial charge in [0.15, 0.2) is 11.5 Å². The Labute approximate surface area is 148 Å². The third-order valence-electron chi connectivity index (χ3n) is 4.37. The molecule has 1 saturated carbocycles. The Kier molecular flexibility index (Phi) is 4.60. The van der Waals surface area contributed by atoms with Gasteiger partial charge < -0.3 is 4.52 Å². The molecule has 0 saturated heterocycles. The summed E-state index contributed by atoms with van der Waals surface area (Å²) in [7, 11) is 0. The van der Waals surface area contributed by atoms with E-state index in [2.05, 4.69) is 15.2 Å². The number of aryl methyl sites for hydroxylation is 1. The molecule has 1 N–H and O–H groups in total. The summed E-state index contributed by atoms with van der Waals surface area (Å²) in [5.74, 6) is 0.472. The van der Waals surface area contributed by atoms with Crippen molar-refractivity contribution in [1.82, 2.24) is 20.3 Å². The molecule has 8 heteroatoms. The quantitative estimate of drug-likeness (QED) is 0.718. The smallest absolute Gasteiger partial charge is 0.332 e. The Morgan fingerprint density at radius 1 is 1.15 bits per heavy atom. The second-order valence-electron chi connectivity index (χ2n) is 5.98. The highest BCUT2D eigenvalue weighted by Gasteiger charge is 2.50. The van der Waals surface area contributed by atoms with Gasteiger partial charge in [-0.25, -0.2) is 0 Å². The van der Waals surface area contributed by atoms with E-state index in [9.17, 15) is 13.2 Å². The molecule has 2 aromatic heterocycles. The molecule has 0 spiro atoms. The second-order valence-corrected chi connectivity index (χ2v) is 5.98. The molecule has 4 rings (SSSR count). The van der Waals surface area contributed by atoms with Gasteiger partial charge in [0.05, 0.1) is 5.41 Å². The molecule has 138 valence electrons. The van der Waals surface area contributed by atoms with Crippen molar-refractivity contribution < 1.29 is 17.7 Å². The fourth-order valence-corrected chi connectivity index (χ4v) is 2.95. The van der Waals surface area contributed by atoms with Crippen LogP contribution in [0.2, 0.25) is 0 Å². The molecule has 0 aliphatic heterocycles. The van der Waals surface area contributed by atoms with Crippen LogP contribution in [0.3, 0.4) is 0 Å². The minimum atomic E-state index is -4.49. The van der Waals surface area contributed by atoms with Crippen LogP contribution in [-0.4, -0.2) is 20.3 Å². The molecule has 1 fully saturated rings. The Balaban J connectivity index is 0.000000948. The van der Waals surface area contributed by atoms with E-state index in [-0.39, 0.29) is 17.0 Å². The maximum absolute atomic E-state index is 12.6. The fraction of sp³-hybridized carbons (Fsp3) is 0.389. The SMILES string of the molecule is CC.Cc1ccccc1C1(c2noc(-c3cc(C(F)(F)F)[nH]n3)n2)CC1. The number of rotatable bonds is 3. The normalized spacial score (nSPS) is 15.3. The molecule has 3 aromatic rings. The first kappa shape index (κ1) is 18.2. The van der Waals surface area contributed by atoms with E-state index < -0.39 is 11.9 Å². The van der Waals surface area contributed by atoms with Crippen molar-refractivity contribution in [2.24, 2.45) is 0 Å². The third kappa shape index (κ3) is 3.11. The maximum atomic E-state index is 12.6. The maximum Gasteiger partial charge on any atom is 0.432 e. The number of aromatic amines is 1. The van der Waals surface area contributed by atoms with Crippen molar-refractivity contribution >= 4 is 0 Å². The Morgan fingerprint density at radius 2 is 1.85 bits per heavy atom. The van der Waals surface area contributed by atoms with E-state index >= 15 is 0 Å². The highest BCUT2D eigenvalue weighted by atomic mass is 19.4. The molecule has 1 aliphatic carbocycles. The number of nitrogens with one attached hydrogen (secondary N) is 1. The predicted octanol–water partition coefficient (Wildman–Crippen LogP) is 4.89. The van der Waals surface area contributed by atoms with Gasteiger partial charge in [-0.3, -0.25) is 5.10 Å². The van der Waals surface area contributed by atoms with Crippen LogP contribution in [0.5, 0.6) is 0 Å². The molecular weight excluding hydrogens is 345 g/mol. The minimum Gasteiger partial charge on any atom is -0.332 e. The van der Waals surface area contributed by atoms with Crippen LogP contribution in [0, 0.1) is 6.92 Å². The van der Waals surface area contributed by atoms with Crippen LogP contribution in [0.15, 0.2) is 34.9 Å². The molecule has 0 bridgehead atoms. The summed E-state index contributed by atoms with van der Waals surface area (Å²) >= 11 is 0. The molecule has 0 amide bonds. The molecule has 1 aliphatic rings. The van der Waals surface area contributed by atoms with Gasteiger partial charge in [-0.2, -0.15) is 23.3 Å². The van der Waals surface area contributed by atoms with Crippen molar-refractivity contribution in [3.05, 3.63) is 53.0 Å². The van der Waals surface area contributed by atoms with Crippen molar-refractivity contribution in [1.29, 1.82) is 0 Å². The molecule has 2 heterocycles. The first-order chi connectivity index (χ1) is 12.4. The largest absolute Gasteiger partial charge is 0.432 e. The van der Waals surface area contributed by atoms with Gasteiger partial charge in [0.1, 0.15) is 5.69 Å². The number of H-pyrrole nitrogens is 1. The van der Waals surface area contributed by atoms with Gasteiger partial charge in [0, 0.05) is 6.07 Å². The Bertz CT molecular complexity index is 894. The number of nitrogens with zero attached hydrogens (tertiary/aromatic N) is 3. The topological polar surface area (TPSA) is 67.6 Å². The van der Waals surface area contributed by atoms with Crippen molar-refractivity contribution in [2.75, 3.05) is 0 Å². The zero-order valence-electron chi connectivity index (χ0n) is 14.7. The summed E-state index contributed by atoms with van der Waals surface area (Å²) in [6.45, 7) is 6.01. The van der Waals surface area contributed by atoms with Crippen LogP contribution in [0.4, 0.5) is 13.2 Å². The number of halogens is 3. The van der Waals surface area contributed by atoms with E-state index in [1.54, 1.807) is 0 Å². The minimum absolute atomic E-state index is 0.0124. The number of hydrogen-bond donors (Lipinski definition) is 1. The van der Waals surface area contributed by atoms with Gasteiger partial charge in [0.25, 0.3) is 5.89 Å². The number of hydrogen-bond acceptors (Lipinski definition) is 4. The van der Waals surface area contributed by atoms with Gasteiger partial charge in [0.2, 0.25) is 0 Å². The highest BCUT2D eigenvalue weighted by Crippen LogP contribution is 2.53. The summed E-state index contributed by atoms with van der Waals surface area (Å²) in [4.78, 5) is 4.30. The molecule has 26 heavy (non-hydrogen) atoms. The highest BCUT2D eigenvalue weighted by molar-refractivity contribution is 5.49. The molecule has 0 atom stereocenters. The molecule has 1 aromatic carbocycles. The summed E-state index contributed by atoms with van der Waals surface area (Å²) in [6.07, 6.45) is -2.73. The molecule has 0 radical (unpaired) electrons. The van der Waals surface area contributed by atoms with Crippen molar-refractivity contribution in [3.63, 3.8) is 0 Å². The van der Waals surface area contributed by atoms with E-state index in [0.717, 1.165) is 30.0 Å². The first-order valence-electron chi connectivity index (χ1n) is 8.43. The van der Waals surface area contributed by atoms with Crippen LogP contribution in [0.1, 0.15) is 49.3 Å². The Hall–Kier alpha value is -2.64. The molecule has 5 nitrogen and oxygen atoms in total. The van der Waals surface area contributed by atoms with Crippen LogP contribution in [-0.2, 0) is 11.6 Å². The number of benzene rings is 1. The third-order valence-corrected chi connectivity index (χ3v) is 4.37. The average Bonchev–Trinajstić information content (AvgIpc) is 3.05. The lowest BCUT2D eigenvalue weighted by Gasteiger charge is -2.13. The van der Waals surface area contributed by atoms with Gasteiger partial charge in [-0.15, -0.1) is 0 Å². The lowest BCUT2D eigenvalue weighted by atomic mass is 9.91. The van der Waals surface area contributed by atoms with E-state index in [0.29, 0.717) is 5.82 Å². The van der Waals surface area contributed by atoms with Gasteiger partial charge in [-0.05, 0) is 30.9 Å². The lowest BCUT2D eigenvalue weighted by Crippen LogP contribution is -2.12. The average molecular weight is 364 g/mol. The standard InChI is InChI=1S/C16H13F3N4O.C2H6/c1-9-4-2-3-5-10(9)15(6-7-15)14-20-13(24-23-14)11-8-12(22-21-11)16(17,18)19;1-2/h2-5,8H,6-7H2,1H3,(H,21,22);1-2H3. The van der Waals surface area contributed by atoms with E-state index in [1.807, 2.05) is 50.1 Å². The van der Waals surface area contributed by atoms with Crippen LogP contribution in [0.25, 0.3) is 11.6 Å². The number of alkyl halides is 3. The van der Waals surface area contributed by atoms with E-state index in [4.69, 9.17) is 4.52 Å². The van der Waals surface area contributed by atoms with Gasteiger partial charge in [-0.1, -0.05) is 43.3 Å².